The highest BCUT2D eigenvalue weighted by molar-refractivity contribution is 9.08. The number of aryl methyl sites for hydroxylation is 1. The third-order valence-corrected chi connectivity index (χ3v) is 5.34. The fourth-order valence-electron chi connectivity index (χ4n) is 3.18. The summed E-state index contributed by atoms with van der Waals surface area (Å²) >= 11 is 3.50. The van der Waals surface area contributed by atoms with Crippen molar-refractivity contribution in [3.05, 3.63) is 29.6 Å². The number of imidazole rings is 1. The van der Waals surface area contributed by atoms with Gasteiger partial charge in [-0.3, -0.25) is 0 Å². The number of rotatable bonds is 6. The highest BCUT2D eigenvalue weighted by Crippen LogP contribution is 2.36. The minimum Gasteiger partial charge on any atom is -0.444 e. The average Bonchev–Trinajstić information content (AvgIpc) is 3.33. The van der Waals surface area contributed by atoms with E-state index in [0.717, 1.165) is 40.9 Å². The van der Waals surface area contributed by atoms with E-state index in [0.29, 0.717) is 0 Å². The second kappa shape index (κ2) is 7.59. The molecule has 1 aliphatic rings. The quantitative estimate of drug-likeness (QED) is 0.649. The van der Waals surface area contributed by atoms with Gasteiger partial charge in [0.2, 0.25) is 0 Å². The van der Waals surface area contributed by atoms with Crippen molar-refractivity contribution in [2.45, 2.75) is 63.4 Å². The molecule has 1 aromatic heterocycles. The Morgan fingerprint density at radius 3 is 2.77 bits per heavy atom. The van der Waals surface area contributed by atoms with Crippen LogP contribution in [0, 0.1) is 5.92 Å². The highest BCUT2D eigenvalue weighted by Gasteiger charge is 2.28. The van der Waals surface area contributed by atoms with E-state index >= 15 is 0 Å². The van der Waals surface area contributed by atoms with Crippen molar-refractivity contribution < 1.29 is 9.53 Å². The number of carbonyl (C=O) groups excluding carboxylic acids is 1. The van der Waals surface area contributed by atoms with Gasteiger partial charge in [0.15, 0.2) is 0 Å². The van der Waals surface area contributed by atoms with Gasteiger partial charge in [0.25, 0.3) is 0 Å². The lowest BCUT2D eigenvalue weighted by Gasteiger charge is -2.23. The molecule has 1 aromatic carbocycles. The SMILES string of the molecule is Cn1c(C(CCC2CC2)NC(=O)OC(C)(C)C)nc2cc(CBr)ccc21. The van der Waals surface area contributed by atoms with Crippen LogP contribution in [-0.4, -0.2) is 21.2 Å². The van der Waals surface area contributed by atoms with Crippen LogP contribution in [0.15, 0.2) is 18.2 Å². The first-order chi connectivity index (χ1) is 12.3. The lowest BCUT2D eigenvalue weighted by molar-refractivity contribution is 0.0497. The molecule has 0 aliphatic heterocycles. The molecule has 0 saturated heterocycles. The Bertz CT molecular complexity index is 790. The van der Waals surface area contributed by atoms with Crippen molar-refractivity contribution >= 4 is 33.1 Å². The summed E-state index contributed by atoms with van der Waals surface area (Å²) in [6.07, 6.45) is 4.21. The minimum atomic E-state index is -0.512. The molecule has 26 heavy (non-hydrogen) atoms. The molecule has 1 atom stereocenters. The van der Waals surface area contributed by atoms with E-state index in [1.165, 1.54) is 18.4 Å². The third-order valence-electron chi connectivity index (χ3n) is 4.70. The molecule has 1 aliphatic carbocycles. The maximum atomic E-state index is 12.4. The Hall–Kier alpha value is -1.56. The number of benzene rings is 1. The first-order valence-electron chi connectivity index (χ1n) is 9.27. The van der Waals surface area contributed by atoms with Crippen LogP contribution in [-0.2, 0) is 17.1 Å². The van der Waals surface area contributed by atoms with Gasteiger partial charge in [-0.05, 0) is 57.2 Å². The maximum Gasteiger partial charge on any atom is 0.408 e. The minimum absolute atomic E-state index is 0.143. The van der Waals surface area contributed by atoms with Crippen LogP contribution < -0.4 is 5.32 Å². The van der Waals surface area contributed by atoms with Crippen molar-refractivity contribution in [2.75, 3.05) is 0 Å². The zero-order chi connectivity index (χ0) is 18.9. The maximum absolute atomic E-state index is 12.4. The number of fused-ring (bicyclic) bond motifs is 1. The molecule has 1 fully saturated rings. The van der Waals surface area contributed by atoms with Gasteiger partial charge in [-0.15, -0.1) is 0 Å². The Balaban J connectivity index is 1.86. The van der Waals surface area contributed by atoms with Crippen LogP contribution >= 0.6 is 15.9 Å². The number of carbonyl (C=O) groups is 1. The Morgan fingerprint density at radius 2 is 2.15 bits per heavy atom. The number of ether oxygens (including phenoxy) is 1. The van der Waals surface area contributed by atoms with Gasteiger partial charge in [-0.2, -0.15) is 0 Å². The predicted octanol–water partition coefficient (Wildman–Crippen LogP) is 5.22. The molecule has 0 radical (unpaired) electrons. The van der Waals surface area contributed by atoms with Crippen LogP contribution in [0.25, 0.3) is 11.0 Å². The summed E-state index contributed by atoms with van der Waals surface area (Å²) in [6, 6.07) is 6.14. The number of alkyl halides is 1. The Labute approximate surface area is 163 Å². The van der Waals surface area contributed by atoms with Gasteiger partial charge in [-0.25, -0.2) is 9.78 Å². The summed E-state index contributed by atoms with van der Waals surface area (Å²) in [5.74, 6) is 1.69. The molecule has 0 spiro atoms. The number of halogens is 1. The topological polar surface area (TPSA) is 56.2 Å². The van der Waals surface area contributed by atoms with Crippen molar-refractivity contribution in [3.8, 4) is 0 Å². The average molecular weight is 422 g/mol. The molecule has 1 N–H and O–H groups in total. The number of alkyl carbamates (subject to hydrolysis) is 1. The van der Waals surface area contributed by atoms with Crippen LogP contribution in [0.3, 0.4) is 0 Å². The molecule has 142 valence electrons. The molecule has 5 nitrogen and oxygen atoms in total. The molecule has 1 heterocycles. The van der Waals surface area contributed by atoms with Gasteiger partial charge in [0.1, 0.15) is 11.4 Å². The van der Waals surface area contributed by atoms with Gasteiger partial charge in [0, 0.05) is 12.4 Å². The van der Waals surface area contributed by atoms with Gasteiger partial charge < -0.3 is 14.6 Å². The number of hydrogen-bond acceptors (Lipinski definition) is 3. The Morgan fingerprint density at radius 1 is 1.42 bits per heavy atom. The molecule has 0 bridgehead atoms. The fourth-order valence-corrected chi connectivity index (χ4v) is 3.53. The van der Waals surface area contributed by atoms with Gasteiger partial charge in [0.05, 0.1) is 17.1 Å². The second-order valence-corrected chi connectivity index (χ2v) is 8.77. The van der Waals surface area contributed by atoms with E-state index in [2.05, 4.69) is 44.0 Å². The molecular weight excluding hydrogens is 394 g/mol. The predicted molar refractivity (Wildman–Crippen MR) is 107 cm³/mol. The van der Waals surface area contributed by atoms with E-state index in [1.807, 2.05) is 27.8 Å². The number of nitrogens with one attached hydrogen (secondary N) is 1. The molecule has 6 heteroatoms. The molecular formula is C20H28BrN3O2. The number of aromatic nitrogens is 2. The third kappa shape index (κ3) is 4.78. The van der Waals surface area contributed by atoms with Crippen LogP contribution in [0.4, 0.5) is 4.79 Å². The Kier molecular flexibility index (Phi) is 5.61. The molecule has 3 rings (SSSR count). The molecule has 1 unspecified atom stereocenters. The van der Waals surface area contributed by atoms with E-state index < -0.39 is 5.60 Å². The van der Waals surface area contributed by atoms with E-state index in [4.69, 9.17) is 9.72 Å². The van der Waals surface area contributed by atoms with Crippen molar-refractivity contribution in [3.63, 3.8) is 0 Å². The first-order valence-corrected chi connectivity index (χ1v) is 10.4. The summed E-state index contributed by atoms with van der Waals surface area (Å²) in [6.45, 7) is 5.63. The fraction of sp³-hybridized carbons (Fsp3) is 0.600. The lowest BCUT2D eigenvalue weighted by Crippen LogP contribution is -2.36. The first kappa shape index (κ1) is 19.2. The number of hydrogen-bond donors (Lipinski definition) is 1. The van der Waals surface area contributed by atoms with Gasteiger partial charge >= 0.3 is 6.09 Å². The number of nitrogens with zero attached hydrogens (tertiary/aromatic N) is 2. The standard InChI is InChI=1S/C20H28BrN3O2/c1-20(2,3)26-19(25)23-15(9-7-13-5-6-13)18-22-16-11-14(12-21)8-10-17(16)24(18)4/h8,10-11,13,15H,5-7,9,12H2,1-4H3,(H,23,25). The summed E-state index contributed by atoms with van der Waals surface area (Å²) in [4.78, 5) is 17.2. The van der Waals surface area contributed by atoms with E-state index in [1.54, 1.807) is 0 Å². The van der Waals surface area contributed by atoms with Crippen molar-refractivity contribution in [1.82, 2.24) is 14.9 Å². The van der Waals surface area contributed by atoms with Crippen LogP contribution in [0.2, 0.25) is 0 Å². The summed E-state index contributed by atoms with van der Waals surface area (Å²) in [5.41, 5.74) is 2.72. The summed E-state index contributed by atoms with van der Waals surface area (Å²) in [7, 11) is 2.01. The van der Waals surface area contributed by atoms with Crippen molar-refractivity contribution in [1.29, 1.82) is 0 Å². The molecule has 1 amide bonds. The van der Waals surface area contributed by atoms with Crippen LogP contribution in [0.5, 0.6) is 0 Å². The van der Waals surface area contributed by atoms with Crippen molar-refractivity contribution in [2.24, 2.45) is 13.0 Å². The van der Waals surface area contributed by atoms with E-state index in [9.17, 15) is 4.79 Å². The monoisotopic (exact) mass is 421 g/mol. The summed E-state index contributed by atoms with van der Waals surface area (Å²) in [5, 5.41) is 3.85. The van der Waals surface area contributed by atoms with Gasteiger partial charge in [-0.1, -0.05) is 34.8 Å². The second-order valence-electron chi connectivity index (χ2n) is 8.21. The molecule has 2 aromatic rings. The smallest absolute Gasteiger partial charge is 0.408 e. The van der Waals surface area contributed by atoms with Crippen LogP contribution in [0.1, 0.15) is 63.9 Å². The zero-order valence-electron chi connectivity index (χ0n) is 16.0. The van der Waals surface area contributed by atoms with E-state index in [-0.39, 0.29) is 12.1 Å². The largest absolute Gasteiger partial charge is 0.444 e. The number of amides is 1. The normalized spacial score (nSPS) is 15.9. The zero-order valence-corrected chi connectivity index (χ0v) is 17.6. The summed E-state index contributed by atoms with van der Waals surface area (Å²) < 4.78 is 7.55. The highest BCUT2D eigenvalue weighted by atomic mass is 79.9. The lowest BCUT2D eigenvalue weighted by atomic mass is 10.1. The molecule has 1 saturated carbocycles.